The first-order valence-corrected chi connectivity index (χ1v) is 11.0. The van der Waals surface area contributed by atoms with E-state index in [0.29, 0.717) is 13.0 Å². The maximum atomic E-state index is 13.6. The number of hydrogen-bond acceptors (Lipinski definition) is 8. The molecule has 4 fully saturated rings. The maximum Gasteiger partial charge on any atom is 0.302 e. The van der Waals surface area contributed by atoms with Crippen LogP contribution in [-0.2, 0) is 28.5 Å². The van der Waals surface area contributed by atoms with E-state index in [1.165, 1.54) is 6.92 Å². The molecule has 2 spiro atoms. The number of furan rings is 1. The standard InChI is InChI=1S/C23H30O8/c1-13-18(25)19(26)23(12-29-14(2)24)17(5-4-7-21(23)11-30-21)22(13)9-16(31-20(22)27-3)15-6-8-28-10-15/h6,8,10,13,16-17,19-20,26H,4-5,7,9,11-12H2,1-3H3/t13-,16-,17+,19-,20+,21+,22-,23+/m0/s1. The van der Waals surface area contributed by atoms with Gasteiger partial charge >= 0.3 is 5.97 Å². The molecule has 8 atom stereocenters. The molecule has 0 aromatic carbocycles. The second kappa shape index (κ2) is 7.13. The lowest BCUT2D eigenvalue weighted by Gasteiger charge is -2.61. The third kappa shape index (κ3) is 2.68. The van der Waals surface area contributed by atoms with E-state index < -0.39 is 40.7 Å². The summed E-state index contributed by atoms with van der Waals surface area (Å²) in [7, 11) is 1.59. The zero-order chi connectivity index (χ0) is 22.0. The largest absolute Gasteiger partial charge is 0.472 e. The van der Waals surface area contributed by atoms with Crippen molar-refractivity contribution < 1.29 is 38.1 Å². The third-order valence-corrected chi connectivity index (χ3v) is 8.58. The number of Topliss-reactive ketones (excluding diaryl/α,β-unsaturated/α-hetero) is 1. The molecule has 0 unspecified atom stereocenters. The number of ketones is 1. The Kier molecular flexibility index (Phi) is 4.86. The highest BCUT2D eigenvalue weighted by molar-refractivity contribution is 5.88. The zero-order valence-corrected chi connectivity index (χ0v) is 18.2. The van der Waals surface area contributed by atoms with E-state index in [4.69, 9.17) is 23.4 Å². The van der Waals surface area contributed by atoms with E-state index in [2.05, 4.69) is 0 Å². The molecule has 8 heteroatoms. The van der Waals surface area contributed by atoms with Gasteiger partial charge in [0.1, 0.15) is 18.3 Å². The van der Waals surface area contributed by atoms with E-state index in [1.54, 1.807) is 19.6 Å². The third-order valence-electron chi connectivity index (χ3n) is 8.58. The molecule has 3 heterocycles. The predicted octanol–water partition coefficient (Wildman–Crippen LogP) is 2.40. The number of aliphatic hydroxyl groups excluding tert-OH is 1. The molecule has 31 heavy (non-hydrogen) atoms. The smallest absolute Gasteiger partial charge is 0.302 e. The minimum Gasteiger partial charge on any atom is -0.472 e. The Hall–Kier alpha value is -1.74. The van der Waals surface area contributed by atoms with Crippen molar-refractivity contribution in [3.8, 4) is 0 Å². The van der Waals surface area contributed by atoms with Gasteiger partial charge in [-0.15, -0.1) is 0 Å². The summed E-state index contributed by atoms with van der Waals surface area (Å²) in [6.45, 7) is 3.60. The summed E-state index contributed by atoms with van der Waals surface area (Å²) in [4.78, 5) is 25.4. The van der Waals surface area contributed by atoms with Crippen LogP contribution in [0.1, 0.15) is 51.2 Å². The molecule has 2 aliphatic heterocycles. The van der Waals surface area contributed by atoms with Gasteiger partial charge < -0.3 is 28.5 Å². The van der Waals surface area contributed by atoms with Crippen molar-refractivity contribution in [1.29, 1.82) is 0 Å². The number of carbonyl (C=O) groups is 2. The van der Waals surface area contributed by atoms with Crippen LogP contribution >= 0.6 is 0 Å². The molecule has 1 N–H and O–H groups in total. The van der Waals surface area contributed by atoms with Crippen LogP contribution in [0.3, 0.4) is 0 Å². The van der Waals surface area contributed by atoms with Gasteiger partial charge in [-0.2, -0.15) is 0 Å². The highest BCUT2D eigenvalue weighted by Crippen LogP contribution is 2.71. The van der Waals surface area contributed by atoms with Crippen molar-refractivity contribution in [1.82, 2.24) is 0 Å². The Morgan fingerprint density at radius 3 is 2.77 bits per heavy atom. The quantitative estimate of drug-likeness (QED) is 0.569. The molecule has 1 aromatic heterocycles. The van der Waals surface area contributed by atoms with Crippen molar-refractivity contribution >= 4 is 11.8 Å². The van der Waals surface area contributed by atoms with Crippen LogP contribution < -0.4 is 0 Å². The van der Waals surface area contributed by atoms with Crippen molar-refractivity contribution in [2.45, 2.75) is 63.6 Å². The number of methoxy groups -OCH3 is 1. The second-order valence-electron chi connectivity index (χ2n) is 9.64. The lowest BCUT2D eigenvalue weighted by Crippen LogP contribution is -2.71. The average molecular weight is 434 g/mol. The highest BCUT2D eigenvalue weighted by Gasteiger charge is 2.79. The summed E-state index contributed by atoms with van der Waals surface area (Å²) in [6, 6.07) is 1.86. The normalized spacial score (nSPS) is 46.3. The SMILES string of the molecule is CO[C@@H]1O[C@H](c2ccoc2)C[C@]12[C@H]1CCC[C@@]3(CO3)[C@@]1(COC(C)=O)[C@@H](O)C(=O)[C@@H]2C. The van der Waals surface area contributed by atoms with Crippen molar-refractivity contribution in [3.05, 3.63) is 24.2 Å². The minimum absolute atomic E-state index is 0.0544. The Bertz CT molecular complexity index is 861. The monoisotopic (exact) mass is 434 g/mol. The van der Waals surface area contributed by atoms with E-state index in [9.17, 15) is 14.7 Å². The summed E-state index contributed by atoms with van der Waals surface area (Å²) >= 11 is 0. The van der Waals surface area contributed by atoms with Crippen LogP contribution in [0.5, 0.6) is 0 Å². The van der Waals surface area contributed by atoms with Crippen molar-refractivity contribution in [2.24, 2.45) is 22.7 Å². The number of aliphatic hydroxyl groups is 1. The Balaban J connectivity index is 1.65. The topological polar surface area (TPSA) is 108 Å². The molecular formula is C23H30O8. The summed E-state index contributed by atoms with van der Waals surface area (Å²) < 4.78 is 29.0. The van der Waals surface area contributed by atoms with Gasteiger partial charge in [-0.25, -0.2) is 0 Å². The fourth-order valence-electron chi connectivity index (χ4n) is 7.04. The zero-order valence-electron chi connectivity index (χ0n) is 18.2. The number of hydrogen-bond donors (Lipinski definition) is 1. The lowest BCUT2D eigenvalue weighted by molar-refractivity contribution is -0.255. The van der Waals surface area contributed by atoms with Gasteiger partial charge in [-0.05, 0) is 31.2 Å². The fourth-order valence-corrected chi connectivity index (χ4v) is 7.04. The number of epoxide rings is 1. The molecule has 4 aliphatic rings. The lowest BCUT2D eigenvalue weighted by atomic mass is 9.42. The van der Waals surface area contributed by atoms with E-state index in [-0.39, 0.29) is 24.4 Å². The summed E-state index contributed by atoms with van der Waals surface area (Å²) in [5, 5.41) is 11.4. The molecule has 5 rings (SSSR count). The molecule has 170 valence electrons. The van der Waals surface area contributed by atoms with Gasteiger partial charge in [0, 0.05) is 30.9 Å². The molecule has 2 saturated carbocycles. The van der Waals surface area contributed by atoms with Crippen LogP contribution in [0, 0.1) is 22.7 Å². The molecule has 0 amide bonds. The van der Waals surface area contributed by atoms with Gasteiger partial charge in [0.25, 0.3) is 0 Å². The number of rotatable bonds is 4. The number of carbonyl (C=O) groups excluding carboxylic acids is 2. The summed E-state index contributed by atoms with van der Waals surface area (Å²) in [6.07, 6.45) is 3.98. The molecule has 2 aliphatic carbocycles. The molecule has 8 nitrogen and oxygen atoms in total. The fraction of sp³-hybridized carbons (Fsp3) is 0.739. The molecule has 1 aromatic rings. The molecule has 0 bridgehead atoms. The summed E-state index contributed by atoms with van der Waals surface area (Å²) in [5.74, 6) is -1.38. The predicted molar refractivity (Wildman–Crippen MR) is 106 cm³/mol. The van der Waals surface area contributed by atoms with Crippen molar-refractivity contribution in [3.63, 3.8) is 0 Å². The summed E-state index contributed by atoms with van der Waals surface area (Å²) in [5.41, 5.74) is -1.48. The minimum atomic E-state index is -1.27. The average Bonchev–Trinajstić information content (AvgIpc) is 3.18. The Labute approximate surface area is 181 Å². The van der Waals surface area contributed by atoms with Crippen LogP contribution in [-0.4, -0.2) is 55.2 Å². The van der Waals surface area contributed by atoms with Crippen molar-refractivity contribution in [2.75, 3.05) is 20.3 Å². The van der Waals surface area contributed by atoms with Gasteiger partial charge in [-0.3, -0.25) is 9.59 Å². The Morgan fingerprint density at radius 2 is 2.16 bits per heavy atom. The van der Waals surface area contributed by atoms with Gasteiger partial charge in [0.05, 0.1) is 30.7 Å². The Morgan fingerprint density at radius 1 is 1.39 bits per heavy atom. The first-order valence-electron chi connectivity index (χ1n) is 11.0. The van der Waals surface area contributed by atoms with Crippen LogP contribution in [0.25, 0.3) is 0 Å². The molecule has 0 radical (unpaired) electrons. The number of esters is 1. The van der Waals surface area contributed by atoms with Gasteiger partial charge in [-0.1, -0.05) is 13.3 Å². The van der Waals surface area contributed by atoms with Gasteiger partial charge in [0.2, 0.25) is 0 Å². The first kappa shape index (κ1) is 21.1. The van der Waals surface area contributed by atoms with Crippen LogP contribution in [0.15, 0.2) is 23.0 Å². The second-order valence-corrected chi connectivity index (χ2v) is 9.64. The molecular weight excluding hydrogens is 404 g/mol. The van der Waals surface area contributed by atoms with E-state index in [0.717, 1.165) is 24.8 Å². The van der Waals surface area contributed by atoms with Crippen LogP contribution in [0.4, 0.5) is 0 Å². The number of fused-ring (bicyclic) bond motifs is 3. The first-order chi connectivity index (χ1) is 14.8. The maximum absolute atomic E-state index is 13.6. The highest BCUT2D eigenvalue weighted by atomic mass is 16.7. The van der Waals surface area contributed by atoms with E-state index in [1.807, 2.05) is 13.0 Å². The van der Waals surface area contributed by atoms with Gasteiger partial charge in [0.15, 0.2) is 12.1 Å². The molecule has 2 saturated heterocycles. The van der Waals surface area contributed by atoms with E-state index >= 15 is 0 Å². The van der Waals surface area contributed by atoms with Crippen LogP contribution in [0.2, 0.25) is 0 Å². The number of ether oxygens (including phenoxy) is 4.